The highest BCUT2D eigenvalue weighted by atomic mass is 15.1. The van der Waals surface area contributed by atoms with E-state index in [-0.39, 0.29) is 0 Å². The van der Waals surface area contributed by atoms with Gasteiger partial charge in [-0.2, -0.15) is 0 Å². The largest absolute Gasteiger partial charge is 0.399 e. The fourth-order valence-electron chi connectivity index (χ4n) is 1.28. The van der Waals surface area contributed by atoms with Crippen molar-refractivity contribution in [2.24, 2.45) is 0 Å². The lowest BCUT2D eigenvalue weighted by Gasteiger charge is -2.16. The van der Waals surface area contributed by atoms with Crippen LogP contribution < -0.4 is 5.73 Å². The smallest absolute Gasteiger partial charge is 0.0346 e. The molecule has 0 radical (unpaired) electrons. The van der Waals surface area contributed by atoms with Crippen LogP contribution in [0.1, 0.15) is 18.1 Å². The zero-order valence-corrected chi connectivity index (χ0v) is 8.67. The van der Waals surface area contributed by atoms with Gasteiger partial charge >= 0.3 is 0 Å². The van der Waals surface area contributed by atoms with E-state index in [9.17, 15) is 0 Å². The predicted molar refractivity (Wildman–Crippen MR) is 57.6 cm³/mol. The number of nitrogens with two attached hydrogens (primary N) is 1. The lowest BCUT2D eigenvalue weighted by atomic mass is 10.1. The minimum atomic E-state index is 0.891. The Morgan fingerprint density at radius 3 is 2.69 bits per heavy atom. The number of nitrogens with zero attached hydrogens (tertiary/aromatic N) is 1. The maximum atomic E-state index is 5.82. The molecule has 0 atom stereocenters. The van der Waals surface area contributed by atoms with Gasteiger partial charge < -0.3 is 10.6 Å². The molecule has 0 fully saturated rings. The Hall–Kier alpha value is -1.02. The molecule has 0 aliphatic carbocycles. The van der Waals surface area contributed by atoms with Gasteiger partial charge in [0.1, 0.15) is 0 Å². The molecular weight excluding hydrogens is 160 g/mol. The number of nitrogen functional groups attached to an aromatic ring is 1. The third-order valence-corrected chi connectivity index (χ3v) is 2.47. The van der Waals surface area contributed by atoms with E-state index in [0.717, 1.165) is 18.8 Å². The van der Waals surface area contributed by atoms with Crippen LogP contribution in [0.4, 0.5) is 5.69 Å². The lowest BCUT2D eigenvalue weighted by molar-refractivity contribution is 0.345. The highest BCUT2D eigenvalue weighted by Crippen LogP contribution is 2.16. The summed E-state index contributed by atoms with van der Waals surface area (Å²) in [4.78, 5) is 2.27. The second-order valence-electron chi connectivity index (χ2n) is 3.46. The summed E-state index contributed by atoms with van der Waals surface area (Å²) >= 11 is 0. The van der Waals surface area contributed by atoms with Gasteiger partial charge in [0.15, 0.2) is 0 Å². The second kappa shape index (κ2) is 4.28. The molecule has 13 heavy (non-hydrogen) atoms. The van der Waals surface area contributed by atoms with Gasteiger partial charge in [-0.25, -0.2) is 0 Å². The Balaban J connectivity index is 2.83. The molecule has 2 heteroatoms. The Labute approximate surface area is 80.4 Å². The van der Waals surface area contributed by atoms with E-state index >= 15 is 0 Å². The third-order valence-electron chi connectivity index (χ3n) is 2.47. The van der Waals surface area contributed by atoms with Crippen LogP contribution in [0.15, 0.2) is 18.2 Å². The molecule has 0 saturated heterocycles. The van der Waals surface area contributed by atoms with Crippen molar-refractivity contribution in [1.29, 1.82) is 0 Å². The molecule has 0 aromatic heterocycles. The van der Waals surface area contributed by atoms with Crippen molar-refractivity contribution in [2.45, 2.75) is 20.4 Å². The Morgan fingerprint density at radius 2 is 2.08 bits per heavy atom. The first-order valence-corrected chi connectivity index (χ1v) is 4.67. The summed E-state index contributed by atoms with van der Waals surface area (Å²) in [5.74, 6) is 0. The lowest BCUT2D eigenvalue weighted by Crippen LogP contribution is -2.17. The van der Waals surface area contributed by atoms with Crippen LogP contribution in [-0.4, -0.2) is 18.5 Å². The summed E-state index contributed by atoms with van der Waals surface area (Å²) in [6.45, 7) is 6.28. The van der Waals surface area contributed by atoms with Crippen LogP contribution >= 0.6 is 0 Å². The summed E-state index contributed by atoms with van der Waals surface area (Å²) in [6.07, 6.45) is 0. The molecule has 0 bridgehead atoms. The van der Waals surface area contributed by atoms with Gasteiger partial charge in [0.05, 0.1) is 0 Å². The topological polar surface area (TPSA) is 29.3 Å². The highest BCUT2D eigenvalue weighted by molar-refractivity contribution is 5.49. The fraction of sp³-hybridized carbons (Fsp3) is 0.455. The summed E-state index contributed by atoms with van der Waals surface area (Å²) < 4.78 is 0. The molecule has 0 saturated carbocycles. The summed E-state index contributed by atoms with van der Waals surface area (Å²) in [7, 11) is 2.11. The minimum Gasteiger partial charge on any atom is -0.399 e. The standard InChI is InChI=1S/C11H18N2/c1-4-13(3)8-10-6-5-7-11(12)9(10)2/h5-7H,4,8,12H2,1-3H3. The molecule has 0 spiro atoms. The first-order valence-electron chi connectivity index (χ1n) is 4.67. The van der Waals surface area contributed by atoms with E-state index < -0.39 is 0 Å². The van der Waals surface area contributed by atoms with Crippen LogP contribution in [-0.2, 0) is 6.54 Å². The first kappa shape index (κ1) is 10.1. The monoisotopic (exact) mass is 178 g/mol. The van der Waals surface area contributed by atoms with Crippen molar-refractivity contribution in [3.05, 3.63) is 29.3 Å². The average Bonchev–Trinajstić information content (AvgIpc) is 2.13. The molecule has 2 N–H and O–H groups in total. The quantitative estimate of drug-likeness (QED) is 0.718. The Kier molecular flexibility index (Phi) is 3.32. The van der Waals surface area contributed by atoms with Gasteiger partial charge in [-0.3, -0.25) is 0 Å². The van der Waals surface area contributed by atoms with Crippen LogP contribution in [0.25, 0.3) is 0 Å². The molecule has 1 aromatic rings. The van der Waals surface area contributed by atoms with E-state index in [0.29, 0.717) is 0 Å². The minimum absolute atomic E-state index is 0.891. The van der Waals surface area contributed by atoms with Crippen molar-refractivity contribution >= 4 is 5.69 Å². The molecule has 0 aliphatic heterocycles. The molecule has 0 aliphatic rings. The molecule has 0 amide bonds. The molecule has 0 unspecified atom stereocenters. The van der Waals surface area contributed by atoms with E-state index in [2.05, 4.69) is 31.9 Å². The van der Waals surface area contributed by atoms with Crippen molar-refractivity contribution in [3.8, 4) is 0 Å². The zero-order chi connectivity index (χ0) is 9.84. The van der Waals surface area contributed by atoms with Crippen LogP contribution in [0.2, 0.25) is 0 Å². The average molecular weight is 178 g/mol. The fourth-order valence-corrected chi connectivity index (χ4v) is 1.28. The first-order chi connectivity index (χ1) is 6.15. The van der Waals surface area contributed by atoms with Gasteiger partial charge in [0, 0.05) is 12.2 Å². The van der Waals surface area contributed by atoms with Gasteiger partial charge in [-0.05, 0) is 37.7 Å². The normalized spacial score (nSPS) is 10.8. The maximum absolute atomic E-state index is 5.82. The Morgan fingerprint density at radius 1 is 1.38 bits per heavy atom. The van der Waals surface area contributed by atoms with Crippen molar-refractivity contribution in [2.75, 3.05) is 19.3 Å². The summed E-state index contributed by atoms with van der Waals surface area (Å²) in [5.41, 5.74) is 9.24. The number of rotatable bonds is 3. The number of benzene rings is 1. The molecular formula is C11H18N2. The Bertz CT molecular complexity index is 281. The molecule has 2 nitrogen and oxygen atoms in total. The van der Waals surface area contributed by atoms with Crippen molar-refractivity contribution in [1.82, 2.24) is 4.90 Å². The van der Waals surface area contributed by atoms with Crippen molar-refractivity contribution in [3.63, 3.8) is 0 Å². The van der Waals surface area contributed by atoms with E-state index in [4.69, 9.17) is 5.73 Å². The van der Waals surface area contributed by atoms with Gasteiger partial charge in [0.25, 0.3) is 0 Å². The van der Waals surface area contributed by atoms with E-state index in [1.807, 2.05) is 12.1 Å². The van der Waals surface area contributed by atoms with Gasteiger partial charge in [-0.1, -0.05) is 19.1 Å². The highest BCUT2D eigenvalue weighted by Gasteiger charge is 2.02. The molecule has 72 valence electrons. The number of hydrogen-bond donors (Lipinski definition) is 1. The second-order valence-corrected chi connectivity index (χ2v) is 3.46. The van der Waals surface area contributed by atoms with Crippen LogP contribution in [0.3, 0.4) is 0 Å². The third kappa shape index (κ3) is 2.46. The van der Waals surface area contributed by atoms with Crippen LogP contribution in [0, 0.1) is 6.92 Å². The van der Waals surface area contributed by atoms with Gasteiger partial charge in [-0.15, -0.1) is 0 Å². The van der Waals surface area contributed by atoms with Crippen LogP contribution in [0.5, 0.6) is 0 Å². The maximum Gasteiger partial charge on any atom is 0.0346 e. The predicted octanol–water partition coefficient (Wildman–Crippen LogP) is 2.03. The van der Waals surface area contributed by atoms with E-state index in [1.54, 1.807) is 0 Å². The number of anilines is 1. The zero-order valence-electron chi connectivity index (χ0n) is 8.67. The molecule has 0 heterocycles. The van der Waals surface area contributed by atoms with Crippen molar-refractivity contribution < 1.29 is 0 Å². The number of hydrogen-bond acceptors (Lipinski definition) is 2. The SMILES string of the molecule is CCN(C)Cc1cccc(N)c1C. The molecule has 1 aromatic carbocycles. The summed E-state index contributed by atoms with van der Waals surface area (Å²) in [5, 5.41) is 0. The summed E-state index contributed by atoms with van der Waals surface area (Å²) in [6, 6.07) is 6.10. The van der Waals surface area contributed by atoms with E-state index in [1.165, 1.54) is 11.1 Å². The molecule has 1 rings (SSSR count). The van der Waals surface area contributed by atoms with Gasteiger partial charge in [0.2, 0.25) is 0 Å².